The number of hydrogen-bond acceptors (Lipinski definition) is 4. The normalized spacial score (nSPS) is 24.3. The molecule has 2 aromatic rings. The standard InChI is InChI=1S/C19H21N3O2S/c1-11(23)20-14-5-3-2-4-13(14)17-8-9-18(25-17)19(24)22-16-10-12-6-7-15(16)21-12/h2-5,8-9,12,15-16,21H,6-7,10H2,1H3,(H,20,23)(H,22,24). The molecule has 130 valence electrons. The van der Waals surface area contributed by atoms with Gasteiger partial charge in [0.25, 0.3) is 5.91 Å². The SMILES string of the molecule is CC(=O)Nc1ccccc1-c1ccc(C(=O)NC2CC3CCC2N3)s1. The molecule has 2 amide bonds. The largest absolute Gasteiger partial charge is 0.347 e. The third kappa shape index (κ3) is 3.32. The highest BCUT2D eigenvalue weighted by Gasteiger charge is 2.39. The number of hydrogen-bond donors (Lipinski definition) is 3. The van der Waals surface area contributed by atoms with Gasteiger partial charge >= 0.3 is 0 Å². The molecule has 1 aromatic carbocycles. The topological polar surface area (TPSA) is 70.2 Å². The van der Waals surface area contributed by atoms with Crippen LogP contribution in [0.25, 0.3) is 10.4 Å². The van der Waals surface area contributed by atoms with Crippen molar-refractivity contribution in [3.8, 4) is 10.4 Å². The van der Waals surface area contributed by atoms with Crippen molar-refractivity contribution in [1.29, 1.82) is 0 Å². The summed E-state index contributed by atoms with van der Waals surface area (Å²) in [5, 5.41) is 9.56. The third-order valence-corrected chi connectivity index (χ3v) is 6.07. The van der Waals surface area contributed by atoms with Gasteiger partial charge in [0, 0.05) is 41.2 Å². The Kier molecular flexibility index (Phi) is 4.31. The first-order valence-corrected chi connectivity index (χ1v) is 9.45. The summed E-state index contributed by atoms with van der Waals surface area (Å²) in [4.78, 5) is 25.7. The number of anilines is 1. The van der Waals surface area contributed by atoms with Gasteiger partial charge in [0.2, 0.25) is 5.91 Å². The number of fused-ring (bicyclic) bond motifs is 2. The van der Waals surface area contributed by atoms with E-state index in [4.69, 9.17) is 0 Å². The predicted octanol–water partition coefficient (Wildman–Crippen LogP) is 3.00. The average Bonchev–Trinajstić information content (AvgIpc) is 3.31. The van der Waals surface area contributed by atoms with Crippen LogP contribution in [0, 0.1) is 0 Å². The van der Waals surface area contributed by atoms with E-state index >= 15 is 0 Å². The summed E-state index contributed by atoms with van der Waals surface area (Å²) in [5.41, 5.74) is 1.70. The minimum atomic E-state index is -0.106. The molecule has 2 bridgehead atoms. The summed E-state index contributed by atoms with van der Waals surface area (Å²) >= 11 is 1.45. The van der Waals surface area contributed by atoms with E-state index in [1.54, 1.807) is 0 Å². The summed E-state index contributed by atoms with van der Waals surface area (Å²) in [5.74, 6) is -0.113. The fourth-order valence-corrected chi connectivity index (χ4v) is 4.77. The number of thiophene rings is 1. The molecule has 6 heteroatoms. The lowest BCUT2D eigenvalue weighted by Crippen LogP contribution is -2.42. The highest BCUT2D eigenvalue weighted by atomic mass is 32.1. The second-order valence-electron chi connectivity index (χ2n) is 6.75. The van der Waals surface area contributed by atoms with E-state index in [0.717, 1.165) is 29.0 Å². The lowest BCUT2D eigenvalue weighted by Gasteiger charge is -2.21. The van der Waals surface area contributed by atoms with E-state index in [-0.39, 0.29) is 17.9 Å². The van der Waals surface area contributed by atoms with E-state index in [0.29, 0.717) is 17.0 Å². The van der Waals surface area contributed by atoms with Gasteiger partial charge in [-0.2, -0.15) is 0 Å². The van der Waals surface area contributed by atoms with Crippen molar-refractivity contribution in [2.75, 3.05) is 5.32 Å². The maximum absolute atomic E-state index is 12.6. The van der Waals surface area contributed by atoms with Crippen molar-refractivity contribution < 1.29 is 9.59 Å². The van der Waals surface area contributed by atoms with Gasteiger partial charge in [-0.05, 0) is 37.5 Å². The molecule has 0 aliphatic carbocycles. The molecule has 4 rings (SSSR count). The lowest BCUT2D eigenvalue weighted by molar-refractivity contribution is -0.114. The molecule has 0 radical (unpaired) electrons. The zero-order valence-electron chi connectivity index (χ0n) is 14.0. The van der Waals surface area contributed by atoms with E-state index in [2.05, 4.69) is 16.0 Å². The first-order chi connectivity index (χ1) is 12.1. The van der Waals surface area contributed by atoms with Crippen molar-refractivity contribution in [2.45, 2.75) is 44.3 Å². The highest BCUT2D eigenvalue weighted by molar-refractivity contribution is 7.17. The second-order valence-corrected chi connectivity index (χ2v) is 7.84. The minimum Gasteiger partial charge on any atom is -0.347 e. The average molecular weight is 355 g/mol. The van der Waals surface area contributed by atoms with Crippen molar-refractivity contribution in [3.05, 3.63) is 41.3 Å². The number of rotatable bonds is 4. The molecule has 1 aromatic heterocycles. The zero-order chi connectivity index (χ0) is 17.4. The van der Waals surface area contributed by atoms with Gasteiger partial charge in [-0.1, -0.05) is 18.2 Å². The number of benzene rings is 1. The Hall–Kier alpha value is -2.18. The minimum absolute atomic E-state index is 0.00684. The highest BCUT2D eigenvalue weighted by Crippen LogP contribution is 2.34. The van der Waals surface area contributed by atoms with Crippen LogP contribution in [0.3, 0.4) is 0 Å². The molecule has 3 atom stereocenters. The van der Waals surface area contributed by atoms with Crippen LogP contribution < -0.4 is 16.0 Å². The molecule has 2 saturated heterocycles. The Morgan fingerprint density at radius 1 is 1.16 bits per heavy atom. The van der Waals surface area contributed by atoms with Crippen molar-refractivity contribution >= 4 is 28.8 Å². The van der Waals surface area contributed by atoms with E-state index < -0.39 is 0 Å². The Morgan fingerprint density at radius 2 is 2.00 bits per heavy atom. The molecule has 3 heterocycles. The Morgan fingerprint density at radius 3 is 2.72 bits per heavy atom. The molecule has 2 aliphatic heterocycles. The Bertz CT molecular complexity index is 817. The Balaban J connectivity index is 1.50. The number of nitrogens with one attached hydrogen (secondary N) is 3. The molecule has 2 fully saturated rings. The first-order valence-electron chi connectivity index (χ1n) is 8.64. The maximum Gasteiger partial charge on any atom is 0.261 e. The molecular formula is C19H21N3O2S. The monoisotopic (exact) mass is 355 g/mol. The van der Waals surface area contributed by atoms with Gasteiger partial charge in [0.05, 0.1) is 4.88 Å². The van der Waals surface area contributed by atoms with Crippen LogP contribution in [-0.4, -0.2) is 29.9 Å². The summed E-state index contributed by atoms with van der Waals surface area (Å²) in [6, 6.07) is 12.7. The smallest absolute Gasteiger partial charge is 0.261 e. The van der Waals surface area contributed by atoms with Gasteiger partial charge in [0.1, 0.15) is 0 Å². The molecular weight excluding hydrogens is 334 g/mol. The molecule has 5 nitrogen and oxygen atoms in total. The fourth-order valence-electron chi connectivity index (χ4n) is 3.82. The quantitative estimate of drug-likeness (QED) is 0.790. The molecule has 25 heavy (non-hydrogen) atoms. The van der Waals surface area contributed by atoms with Crippen LogP contribution in [0.5, 0.6) is 0 Å². The van der Waals surface area contributed by atoms with Crippen molar-refractivity contribution in [1.82, 2.24) is 10.6 Å². The van der Waals surface area contributed by atoms with Crippen LogP contribution in [0.15, 0.2) is 36.4 Å². The van der Waals surface area contributed by atoms with Gasteiger partial charge < -0.3 is 16.0 Å². The van der Waals surface area contributed by atoms with E-state index in [1.165, 1.54) is 24.7 Å². The summed E-state index contributed by atoms with van der Waals surface area (Å²) in [6.45, 7) is 1.49. The van der Waals surface area contributed by atoms with Crippen LogP contribution in [0.2, 0.25) is 0 Å². The molecule has 3 unspecified atom stereocenters. The molecule has 0 saturated carbocycles. The lowest BCUT2D eigenvalue weighted by atomic mass is 9.95. The van der Waals surface area contributed by atoms with Crippen molar-refractivity contribution in [3.63, 3.8) is 0 Å². The zero-order valence-corrected chi connectivity index (χ0v) is 14.9. The number of carbonyl (C=O) groups is 2. The van der Waals surface area contributed by atoms with Gasteiger partial charge in [-0.3, -0.25) is 9.59 Å². The predicted molar refractivity (Wildman–Crippen MR) is 99.9 cm³/mol. The van der Waals surface area contributed by atoms with Crippen LogP contribution in [-0.2, 0) is 4.79 Å². The first kappa shape index (κ1) is 16.3. The van der Waals surface area contributed by atoms with Crippen LogP contribution in [0.4, 0.5) is 5.69 Å². The number of para-hydroxylation sites is 1. The van der Waals surface area contributed by atoms with Crippen LogP contribution >= 0.6 is 11.3 Å². The number of amides is 2. The van der Waals surface area contributed by atoms with Gasteiger partial charge in [0.15, 0.2) is 0 Å². The van der Waals surface area contributed by atoms with Crippen LogP contribution in [0.1, 0.15) is 35.9 Å². The molecule has 0 spiro atoms. The van der Waals surface area contributed by atoms with Gasteiger partial charge in [-0.25, -0.2) is 0 Å². The summed E-state index contributed by atoms with van der Waals surface area (Å²) in [6.07, 6.45) is 3.40. The molecule has 2 aliphatic rings. The summed E-state index contributed by atoms with van der Waals surface area (Å²) < 4.78 is 0. The third-order valence-electron chi connectivity index (χ3n) is 4.95. The summed E-state index contributed by atoms with van der Waals surface area (Å²) in [7, 11) is 0. The number of carbonyl (C=O) groups excluding carboxylic acids is 2. The van der Waals surface area contributed by atoms with Gasteiger partial charge in [-0.15, -0.1) is 11.3 Å². The second kappa shape index (κ2) is 6.61. The van der Waals surface area contributed by atoms with Crippen molar-refractivity contribution in [2.24, 2.45) is 0 Å². The Labute approximate surface area is 150 Å². The molecule has 3 N–H and O–H groups in total. The maximum atomic E-state index is 12.6. The van der Waals surface area contributed by atoms with E-state index in [9.17, 15) is 9.59 Å². The van der Waals surface area contributed by atoms with E-state index in [1.807, 2.05) is 36.4 Å². The fraction of sp³-hybridized carbons (Fsp3) is 0.368.